The zero-order valence-corrected chi connectivity index (χ0v) is 9.69. The molecule has 16 heavy (non-hydrogen) atoms. The molecule has 3 heteroatoms. The zero-order valence-electron chi connectivity index (χ0n) is 9.69. The van der Waals surface area contributed by atoms with E-state index in [1.165, 1.54) is 0 Å². The lowest BCUT2D eigenvalue weighted by atomic mass is 10.2. The van der Waals surface area contributed by atoms with Gasteiger partial charge in [0.2, 0.25) is 0 Å². The molecule has 3 nitrogen and oxygen atoms in total. The Morgan fingerprint density at radius 3 is 2.94 bits per heavy atom. The molecular weight excluding hydrogens is 202 g/mol. The van der Waals surface area contributed by atoms with Crippen LogP contribution in [0.25, 0.3) is 0 Å². The van der Waals surface area contributed by atoms with Crippen LogP contribution in [0.5, 0.6) is 5.75 Å². The van der Waals surface area contributed by atoms with Crippen molar-refractivity contribution >= 4 is 0 Å². The highest BCUT2D eigenvalue weighted by molar-refractivity contribution is 5.21. The van der Waals surface area contributed by atoms with E-state index in [-0.39, 0.29) is 6.10 Å². The van der Waals surface area contributed by atoms with Crippen molar-refractivity contribution in [2.75, 3.05) is 19.8 Å². The molecule has 0 radical (unpaired) electrons. The van der Waals surface area contributed by atoms with Gasteiger partial charge in [0, 0.05) is 19.2 Å². The van der Waals surface area contributed by atoms with E-state index in [1.807, 2.05) is 30.3 Å². The second-order valence-electron chi connectivity index (χ2n) is 4.21. The van der Waals surface area contributed by atoms with E-state index in [0.717, 1.165) is 31.9 Å². The molecule has 0 aliphatic carbocycles. The molecule has 2 unspecified atom stereocenters. The summed E-state index contributed by atoms with van der Waals surface area (Å²) < 4.78 is 11.1. The highest BCUT2D eigenvalue weighted by Gasteiger charge is 2.15. The normalized spacial score (nSPS) is 21.9. The summed E-state index contributed by atoms with van der Waals surface area (Å²) >= 11 is 0. The van der Waals surface area contributed by atoms with Crippen molar-refractivity contribution in [2.45, 2.75) is 25.5 Å². The van der Waals surface area contributed by atoms with Crippen molar-refractivity contribution in [1.82, 2.24) is 5.32 Å². The lowest BCUT2D eigenvalue weighted by Crippen LogP contribution is -2.36. The monoisotopic (exact) mass is 221 g/mol. The van der Waals surface area contributed by atoms with E-state index in [2.05, 4.69) is 12.2 Å². The minimum Gasteiger partial charge on any atom is -0.489 e. The summed E-state index contributed by atoms with van der Waals surface area (Å²) in [5.41, 5.74) is 0. The molecule has 1 saturated heterocycles. The van der Waals surface area contributed by atoms with Crippen LogP contribution in [0.15, 0.2) is 30.3 Å². The van der Waals surface area contributed by atoms with E-state index in [4.69, 9.17) is 9.47 Å². The van der Waals surface area contributed by atoms with Crippen molar-refractivity contribution in [2.24, 2.45) is 0 Å². The van der Waals surface area contributed by atoms with Gasteiger partial charge in [-0.25, -0.2) is 0 Å². The molecule has 1 aromatic carbocycles. The maximum absolute atomic E-state index is 5.77. The molecule has 1 aliphatic rings. The van der Waals surface area contributed by atoms with E-state index >= 15 is 0 Å². The van der Waals surface area contributed by atoms with Crippen LogP contribution in [0.4, 0.5) is 0 Å². The van der Waals surface area contributed by atoms with Crippen molar-refractivity contribution in [3.05, 3.63) is 30.3 Å². The Morgan fingerprint density at radius 2 is 2.25 bits per heavy atom. The molecular formula is C13H19NO2. The van der Waals surface area contributed by atoms with Gasteiger partial charge >= 0.3 is 0 Å². The number of hydrogen-bond donors (Lipinski definition) is 1. The number of para-hydroxylation sites is 1. The summed E-state index contributed by atoms with van der Waals surface area (Å²) in [6, 6.07) is 10.4. The molecule has 0 aromatic heterocycles. The number of ether oxygens (including phenoxy) is 2. The van der Waals surface area contributed by atoms with Crippen LogP contribution in [-0.2, 0) is 4.74 Å². The Balaban J connectivity index is 1.69. The maximum Gasteiger partial charge on any atom is 0.119 e. The predicted molar refractivity (Wildman–Crippen MR) is 63.8 cm³/mol. The molecule has 1 aromatic rings. The number of hydrogen-bond acceptors (Lipinski definition) is 3. The summed E-state index contributed by atoms with van der Waals surface area (Å²) in [7, 11) is 0. The zero-order chi connectivity index (χ0) is 11.2. The lowest BCUT2D eigenvalue weighted by Gasteiger charge is -2.17. The van der Waals surface area contributed by atoms with Gasteiger partial charge in [-0.15, -0.1) is 0 Å². The van der Waals surface area contributed by atoms with Crippen molar-refractivity contribution in [3.63, 3.8) is 0 Å². The number of nitrogens with one attached hydrogen (secondary N) is 1. The average molecular weight is 221 g/mol. The topological polar surface area (TPSA) is 30.5 Å². The van der Waals surface area contributed by atoms with Crippen LogP contribution >= 0.6 is 0 Å². The quantitative estimate of drug-likeness (QED) is 0.823. The largest absolute Gasteiger partial charge is 0.489 e. The van der Waals surface area contributed by atoms with Crippen LogP contribution in [0.3, 0.4) is 0 Å². The standard InChI is InChI=1S/C13H19NO2/c1-11(9-14-12-7-8-15-10-12)16-13-5-3-2-4-6-13/h2-6,11-12,14H,7-10H2,1H3. The van der Waals surface area contributed by atoms with Gasteiger partial charge in [0.15, 0.2) is 0 Å². The molecule has 0 amide bonds. The summed E-state index contributed by atoms with van der Waals surface area (Å²) in [5.74, 6) is 0.930. The first-order valence-corrected chi connectivity index (χ1v) is 5.87. The van der Waals surface area contributed by atoms with Gasteiger partial charge in [-0.2, -0.15) is 0 Å². The summed E-state index contributed by atoms with van der Waals surface area (Å²) in [6.45, 7) is 4.66. The first-order chi connectivity index (χ1) is 7.84. The average Bonchev–Trinajstić information content (AvgIpc) is 2.81. The van der Waals surface area contributed by atoms with Gasteiger partial charge in [0.1, 0.15) is 11.9 Å². The van der Waals surface area contributed by atoms with Gasteiger partial charge in [-0.3, -0.25) is 0 Å². The van der Waals surface area contributed by atoms with Crippen LogP contribution in [0.1, 0.15) is 13.3 Å². The number of benzene rings is 1. The van der Waals surface area contributed by atoms with Crippen LogP contribution in [0.2, 0.25) is 0 Å². The summed E-state index contributed by atoms with van der Waals surface area (Å²) in [5, 5.41) is 3.45. The molecule has 88 valence electrons. The SMILES string of the molecule is CC(CNC1CCOC1)Oc1ccccc1. The fourth-order valence-electron chi connectivity index (χ4n) is 1.80. The van der Waals surface area contributed by atoms with Crippen LogP contribution in [0, 0.1) is 0 Å². The lowest BCUT2D eigenvalue weighted by molar-refractivity contribution is 0.181. The fraction of sp³-hybridized carbons (Fsp3) is 0.538. The van der Waals surface area contributed by atoms with Crippen molar-refractivity contribution in [3.8, 4) is 5.75 Å². The Hall–Kier alpha value is -1.06. The first-order valence-electron chi connectivity index (χ1n) is 5.87. The Morgan fingerprint density at radius 1 is 1.44 bits per heavy atom. The first kappa shape index (κ1) is 11.4. The smallest absolute Gasteiger partial charge is 0.119 e. The number of rotatable bonds is 5. The van der Waals surface area contributed by atoms with E-state index in [1.54, 1.807) is 0 Å². The Labute approximate surface area is 96.8 Å². The predicted octanol–water partition coefficient (Wildman–Crippen LogP) is 1.83. The van der Waals surface area contributed by atoms with Crippen LogP contribution < -0.4 is 10.1 Å². The van der Waals surface area contributed by atoms with Gasteiger partial charge < -0.3 is 14.8 Å². The third kappa shape index (κ3) is 3.51. The molecule has 0 bridgehead atoms. The fourth-order valence-corrected chi connectivity index (χ4v) is 1.80. The third-order valence-electron chi connectivity index (χ3n) is 2.70. The Bertz CT molecular complexity index is 296. The maximum atomic E-state index is 5.77. The highest BCUT2D eigenvalue weighted by Crippen LogP contribution is 2.10. The molecule has 1 fully saturated rings. The van der Waals surface area contributed by atoms with Gasteiger partial charge in [0.05, 0.1) is 6.61 Å². The molecule has 0 spiro atoms. The second-order valence-corrected chi connectivity index (χ2v) is 4.21. The molecule has 2 atom stereocenters. The highest BCUT2D eigenvalue weighted by atomic mass is 16.5. The van der Waals surface area contributed by atoms with Crippen molar-refractivity contribution in [1.29, 1.82) is 0 Å². The van der Waals surface area contributed by atoms with Crippen molar-refractivity contribution < 1.29 is 9.47 Å². The van der Waals surface area contributed by atoms with Gasteiger partial charge in [-0.1, -0.05) is 18.2 Å². The Kier molecular flexibility index (Phi) is 4.19. The second kappa shape index (κ2) is 5.87. The summed E-state index contributed by atoms with van der Waals surface area (Å²) in [4.78, 5) is 0. The summed E-state index contributed by atoms with van der Waals surface area (Å²) in [6.07, 6.45) is 1.29. The minimum absolute atomic E-state index is 0.183. The molecule has 2 rings (SSSR count). The molecule has 1 aliphatic heterocycles. The van der Waals surface area contributed by atoms with Crippen LogP contribution in [-0.4, -0.2) is 31.9 Å². The van der Waals surface area contributed by atoms with E-state index < -0.39 is 0 Å². The molecule has 1 heterocycles. The van der Waals surface area contributed by atoms with Gasteiger partial charge in [-0.05, 0) is 25.5 Å². The van der Waals surface area contributed by atoms with Gasteiger partial charge in [0.25, 0.3) is 0 Å². The third-order valence-corrected chi connectivity index (χ3v) is 2.70. The molecule has 0 saturated carbocycles. The molecule has 1 N–H and O–H groups in total. The van der Waals surface area contributed by atoms with E-state index in [0.29, 0.717) is 6.04 Å². The van der Waals surface area contributed by atoms with E-state index in [9.17, 15) is 0 Å². The minimum atomic E-state index is 0.183.